The molecule has 1 aromatic heterocycles. The quantitative estimate of drug-likeness (QED) is 0.855. The lowest BCUT2D eigenvalue weighted by molar-refractivity contribution is 0.1000. The van der Waals surface area contributed by atoms with E-state index >= 15 is 0 Å². The number of aromatic nitrogens is 1. The highest BCUT2D eigenvalue weighted by molar-refractivity contribution is 5.97. The zero-order chi connectivity index (χ0) is 19.4. The Hall–Kier alpha value is -3.16. The fourth-order valence-corrected chi connectivity index (χ4v) is 3.00. The van der Waals surface area contributed by atoms with Gasteiger partial charge >= 0.3 is 6.03 Å². The number of carbonyl (C=O) groups is 2. The predicted octanol–water partition coefficient (Wildman–Crippen LogP) is 1.66. The maximum Gasteiger partial charge on any atom is 0.317 e. The van der Waals surface area contributed by atoms with E-state index in [1.54, 1.807) is 42.3 Å². The summed E-state index contributed by atoms with van der Waals surface area (Å²) in [6.07, 6.45) is 1.61. The third kappa shape index (κ3) is 4.33. The minimum Gasteiger partial charge on any atom is -0.365 e. The molecule has 0 bridgehead atoms. The van der Waals surface area contributed by atoms with Gasteiger partial charge in [0.25, 0.3) is 5.91 Å². The Labute approximate surface area is 157 Å². The number of benzene rings is 1. The number of nitrogens with zero attached hydrogens (tertiary/aromatic N) is 3. The number of hydrogen-bond acceptors (Lipinski definition) is 4. The molecule has 1 aliphatic rings. The molecule has 2 aromatic rings. The maximum atomic E-state index is 13.6. The molecule has 1 saturated heterocycles. The fourth-order valence-electron chi connectivity index (χ4n) is 3.00. The topological polar surface area (TPSA) is 91.6 Å². The van der Waals surface area contributed by atoms with Crippen molar-refractivity contribution in [2.24, 2.45) is 5.73 Å². The van der Waals surface area contributed by atoms with Crippen molar-refractivity contribution >= 4 is 17.8 Å². The Kier molecular flexibility index (Phi) is 5.54. The maximum absolute atomic E-state index is 13.6. The van der Waals surface area contributed by atoms with Crippen molar-refractivity contribution in [1.82, 2.24) is 15.2 Å². The van der Waals surface area contributed by atoms with E-state index < -0.39 is 5.91 Å². The Morgan fingerprint density at radius 2 is 1.96 bits per heavy atom. The number of anilines is 1. The Bertz CT molecular complexity index is 850. The molecule has 142 valence electrons. The van der Waals surface area contributed by atoms with E-state index in [1.807, 2.05) is 4.90 Å². The number of carbonyl (C=O) groups excluding carboxylic acids is 2. The first-order chi connectivity index (χ1) is 13.0. The number of pyridine rings is 1. The number of rotatable bonds is 4. The average Bonchev–Trinajstić information content (AvgIpc) is 2.68. The lowest BCUT2D eigenvalue weighted by Crippen LogP contribution is -2.52. The van der Waals surface area contributed by atoms with Gasteiger partial charge in [0.2, 0.25) is 0 Å². The van der Waals surface area contributed by atoms with Gasteiger partial charge in [-0.2, -0.15) is 0 Å². The number of halogens is 1. The second kappa shape index (κ2) is 8.03. The van der Waals surface area contributed by atoms with E-state index in [9.17, 15) is 14.0 Å². The molecule has 0 radical (unpaired) electrons. The predicted molar refractivity (Wildman–Crippen MR) is 99.9 cm³/mol. The molecule has 27 heavy (non-hydrogen) atoms. The van der Waals surface area contributed by atoms with Gasteiger partial charge < -0.3 is 20.9 Å². The van der Waals surface area contributed by atoms with Crippen molar-refractivity contribution in [3.63, 3.8) is 0 Å². The summed E-state index contributed by atoms with van der Waals surface area (Å²) >= 11 is 0. The highest BCUT2D eigenvalue weighted by Gasteiger charge is 2.24. The van der Waals surface area contributed by atoms with E-state index in [0.29, 0.717) is 48.7 Å². The molecule has 0 aliphatic carbocycles. The number of nitrogens with one attached hydrogen (secondary N) is 1. The minimum absolute atomic E-state index is 0.202. The lowest BCUT2D eigenvalue weighted by atomic mass is 10.1. The SMILES string of the molecule is Cc1ccc(CNC(=O)N2CCN(c3ncccc3C(N)=O)CC2)cc1F. The van der Waals surface area contributed by atoms with Crippen LogP contribution in [0.15, 0.2) is 36.5 Å². The van der Waals surface area contributed by atoms with Crippen molar-refractivity contribution < 1.29 is 14.0 Å². The van der Waals surface area contributed by atoms with Gasteiger partial charge in [-0.15, -0.1) is 0 Å². The summed E-state index contributed by atoms with van der Waals surface area (Å²) in [6.45, 7) is 4.03. The molecule has 8 heteroatoms. The summed E-state index contributed by atoms with van der Waals surface area (Å²) in [5, 5.41) is 2.81. The molecule has 1 aliphatic heterocycles. The smallest absolute Gasteiger partial charge is 0.317 e. The lowest BCUT2D eigenvalue weighted by Gasteiger charge is -2.35. The highest BCUT2D eigenvalue weighted by Crippen LogP contribution is 2.18. The minimum atomic E-state index is -0.524. The molecule has 0 spiro atoms. The molecule has 7 nitrogen and oxygen atoms in total. The molecule has 3 N–H and O–H groups in total. The second-order valence-corrected chi connectivity index (χ2v) is 6.46. The van der Waals surface area contributed by atoms with Crippen LogP contribution in [0.1, 0.15) is 21.5 Å². The normalized spacial score (nSPS) is 14.1. The van der Waals surface area contributed by atoms with E-state index in [-0.39, 0.29) is 18.4 Å². The first-order valence-corrected chi connectivity index (χ1v) is 8.73. The van der Waals surface area contributed by atoms with Crippen LogP contribution in [-0.4, -0.2) is 48.0 Å². The monoisotopic (exact) mass is 371 g/mol. The van der Waals surface area contributed by atoms with Gasteiger partial charge in [0, 0.05) is 38.9 Å². The molecule has 3 amide bonds. The van der Waals surface area contributed by atoms with Crippen LogP contribution < -0.4 is 16.0 Å². The molecule has 0 atom stereocenters. The van der Waals surface area contributed by atoms with E-state index in [0.717, 1.165) is 0 Å². The number of hydrogen-bond donors (Lipinski definition) is 2. The molecule has 1 fully saturated rings. The summed E-state index contributed by atoms with van der Waals surface area (Å²) in [7, 11) is 0. The van der Waals surface area contributed by atoms with Gasteiger partial charge in [-0.25, -0.2) is 14.2 Å². The van der Waals surface area contributed by atoms with Gasteiger partial charge in [-0.1, -0.05) is 12.1 Å². The van der Waals surface area contributed by atoms with E-state index in [1.165, 1.54) is 6.07 Å². The highest BCUT2D eigenvalue weighted by atomic mass is 19.1. The third-order valence-electron chi connectivity index (χ3n) is 4.60. The van der Waals surface area contributed by atoms with E-state index in [2.05, 4.69) is 10.3 Å². The largest absolute Gasteiger partial charge is 0.365 e. The van der Waals surface area contributed by atoms with Crippen LogP contribution in [0.4, 0.5) is 15.0 Å². The van der Waals surface area contributed by atoms with Crippen molar-refractivity contribution in [2.75, 3.05) is 31.1 Å². The van der Waals surface area contributed by atoms with Gasteiger partial charge in [-0.05, 0) is 36.2 Å². The number of amides is 3. The second-order valence-electron chi connectivity index (χ2n) is 6.46. The van der Waals surface area contributed by atoms with Crippen LogP contribution in [0.25, 0.3) is 0 Å². The van der Waals surface area contributed by atoms with Crippen molar-refractivity contribution in [3.05, 3.63) is 59.0 Å². The summed E-state index contributed by atoms with van der Waals surface area (Å²) in [4.78, 5) is 31.8. The van der Waals surface area contributed by atoms with Crippen LogP contribution in [0, 0.1) is 12.7 Å². The molecule has 0 saturated carbocycles. The molecule has 1 aromatic carbocycles. The van der Waals surface area contributed by atoms with Gasteiger partial charge in [0.15, 0.2) is 0 Å². The molecule has 0 unspecified atom stereocenters. The molecule has 2 heterocycles. The van der Waals surface area contributed by atoms with Crippen molar-refractivity contribution in [1.29, 1.82) is 0 Å². The van der Waals surface area contributed by atoms with E-state index in [4.69, 9.17) is 5.73 Å². The van der Waals surface area contributed by atoms with Gasteiger partial charge in [-0.3, -0.25) is 4.79 Å². The Balaban J connectivity index is 1.55. The molecular weight excluding hydrogens is 349 g/mol. The molecule has 3 rings (SSSR count). The van der Waals surface area contributed by atoms with Crippen molar-refractivity contribution in [3.8, 4) is 0 Å². The number of primary amides is 1. The molecular formula is C19H22FN5O2. The van der Waals surface area contributed by atoms with Crippen LogP contribution in [0.3, 0.4) is 0 Å². The van der Waals surface area contributed by atoms with Gasteiger partial charge in [0.05, 0.1) is 5.56 Å². The van der Waals surface area contributed by atoms with Crippen molar-refractivity contribution in [2.45, 2.75) is 13.5 Å². The van der Waals surface area contributed by atoms with Crippen LogP contribution in [0.5, 0.6) is 0 Å². The third-order valence-corrected chi connectivity index (χ3v) is 4.60. The standard InChI is InChI=1S/C19H22FN5O2/c1-13-4-5-14(11-16(13)20)12-23-19(27)25-9-7-24(8-10-25)18-15(17(21)26)3-2-6-22-18/h2-6,11H,7-10,12H2,1H3,(H2,21,26)(H,23,27). The zero-order valence-electron chi connectivity index (χ0n) is 15.1. The average molecular weight is 371 g/mol. The van der Waals surface area contributed by atoms with Gasteiger partial charge in [0.1, 0.15) is 11.6 Å². The first kappa shape index (κ1) is 18.6. The number of aryl methyl sites for hydroxylation is 1. The summed E-state index contributed by atoms with van der Waals surface area (Å²) < 4.78 is 13.6. The Morgan fingerprint density at radius 1 is 1.22 bits per heavy atom. The zero-order valence-corrected chi connectivity index (χ0v) is 15.1. The number of piperazine rings is 1. The van der Waals surface area contributed by atoms with Crippen LogP contribution in [0.2, 0.25) is 0 Å². The summed E-state index contributed by atoms with van der Waals surface area (Å²) in [5.74, 6) is -0.264. The summed E-state index contributed by atoms with van der Waals surface area (Å²) in [5.41, 5.74) is 7.06. The number of nitrogens with two attached hydrogens (primary N) is 1. The Morgan fingerprint density at radius 3 is 2.63 bits per heavy atom. The summed E-state index contributed by atoms with van der Waals surface area (Å²) in [6, 6.07) is 8.03. The first-order valence-electron chi connectivity index (χ1n) is 8.73. The number of urea groups is 1. The fraction of sp³-hybridized carbons (Fsp3) is 0.316. The van der Waals surface area contributed by atoms with Crippen LogP contribution in [-0.2, 0) is 6.54 Å². The van der Waals surface area contributed by atoms with Crippen LogP contribution >= 0.6 is 0 Å².